The van der Waals surface area contributed by atoms with Crippen molar-refractivity contribution in [3.63, 3.8) is 0 Å². The molecule has 2 rings (SSSR count). The number of fused-ring (bicyclic) bond motifs is 1. The lowest BCUT2D eigenvalue weighted by molar-refractivity contribution is -0.116. The number of carbonyl (C=O) groups excluding carboxylic acids is 1. The van der Waals surface area contributed by atoms with E-state index in [0.29, 0.717) is 6.54 Å². The van der Waals surface area contributed by atoms with E-state index < -0.39 is 0 Å². The lowest BCUT2D eigenvalue weighted by Crippen LogP contribution is -2.20. The fourth-order valence-electron chi connectivity index (χ4n) is 2.49. The maximum Gasteiger partial charge on any atom is 0.244 e. The maximum atomic E-state index is 11.7. The van der Waals surface area contributed by atoms with Gasteiger partial charge in [0.05, 0.1) is 13.4 Å². The third kappa shape index (κ3) is 2.79. The van der Waals surface area contributed by atoms with Gasteiger partial charge in [-0.3, -0.25) is 4.79 Å². The summed E-state index contributed by atoms with van der Waals surface area (Å²) in [6, 6.07) is 2.02. The van der Waals surface area contributed by atoms with E-state index in [-0.39, 0.29) is 5.91 Å². The number of hydrogen-bond acceptors (Lipinski definition) is 3. The van der Waals surface area contributed by atoms with E-state index in [1.165, 1.54) is 0 Å². The Bertz CT molecular complexity index is 710. The first-order valence-electron chi connectivity index (χ1n) is 7.01. The highest BCUT2D eigenvalue weighted by atomic mass is 16.5. The zero-order valence-corrected chi connectivity index (χ0v) is 13.2. The Morgan fingerprint density at radius 2 is 2.14 bits per heavy atom. The third-order valence-corrected chi connectivity index (χ3v) is 3.57. The molecular formula is C17H21NO3. The van der Waals surface area contributed by atoms with Crippen LogP contribution in [0.15, 0.2) is 22.8 Å². The van der Waals surface area contributed by atoms with Gasteiger partial charge in [0, 0.05) is 29.1 Å². The predicted octanol–water partition coefficient (Wildman–Crippen LogP) is 3.60. The van der Waals surface area contributed by atoms with Crippen LogP contribution in [0.4, 0.5) is 0 Å². The average Bonchev–Trinajstić information content (AvgIpc) is 2.80. The zero-order chi connectivity index (χ0) is 15.6. The number of methoxy groups -OCH3 is 1. The Labute approximate surface area is 124 Å². The molecule has 4 nitrogen and oxygen atoms in total. The molecule has 0 aliphatic carbocycles. The normalized spacial score (nSPS) is 11.8. The number of likely N-dealkylation sites (N-methyl/N-ethyl adjacent to an activating group) is 1. The monoisotopic (exact) mass is 287 g/mol. The van der Waals surface area contributed by atoms with E-state index in [9.17, 15) is 4.79 Å². The van der Waals surface area contributed by atoms with Crippen molar-refractivity contribution in [3.05, 3.63) is 35.1 Å². The maximum absolute atomic E-state index is 11.7. The Balaban J connectivity index is 2.61. The summed E-state index contributed by atoms with van der Waals surface area (Å²) < 4.78 is 11.1. The molecule has 21 heavy (non-hydrogen) atoms. The molecule has 0 aliphatic heterocycles. The molecule has 0 saturated heterocycles. The number of furan rings is 1. The SMILES string of the molecule is CCNC(=O)/C=C(\C)c1cc2c(C)coc2c(C)c1OC. The standard InChI is InChI=1S/C17H21NO3/c1-6-18-15(19)7-10(2)13-8-14-11(3)9-21-17(14)12(4)16(13)20-5/h7-9H,6H2,1-5H3,(H,18,19)/b10-7+. The zero-order valence-electron chi connectivity index (χ0n) is 13.2. The molecule has 0 unspecified atom stereocenters. The van der Waals surface area contributed by atoms with E-state index in [4.69, 9.17) is 9.15 Å². The number of rotatable bonds is 4. The van der Waals surface area contributed by atoms with Crippen LogP contribution in [-0.4, -0.2) is 19.6 Å². The van der Waals surface area contributed by atoms with E-state index in [2.05, 4.69) is 5.32 Å². The fraction of sp³-hybridized carbons (Fsp3) is 0.353. The molecule has 1 amide bonds. The number of ether oxygens (including phenoxy) is 1. The highest BCUT2D eigenvalue weighted by molar-refractivity contribution is 5.98. The lowest BCUT2D eigenvalue weighted by Gasteiger charge is -2.13. The van der Waals surface area contributed by atoms with Crippen molar-refractivity contribution in [3.8, 4) is 5.75 Å². The molecule has 0 saturated carbocycles. The van der Waals surface area contributed by atoms with Gasteiger partial charge < -0.3 is 14.5 Å². The van der Waals surface area contributed by atoms with Gasteiger partial charge in [-0.1, -0.05) is 0 Å². The molecule has 0 aliphatic rings. The first-order valence-corrected chi connectivity index (χ1v) is 7.01. The van der Waals surface area contributed by atoms with Crippen LogP contribution in [0.25, 0.3) is 16.5 Å². The third-order valence-electron chi connectivity index (χ3n) is 3.57. The second-order valence-electron chi connectivity index (χ2n) is 5.10. The number of amides is 1. The van der Waals surface area contributed by atoms with Crippen LogP contribution in [-0.2, 0) is 4.79 Å². The van der Waals surface area contributed by atoms with Crippen molar-refractivity contribution in [2.24, 2.45) is 0 Å². The highest BCUT2D eigenvalue weighted by Gasteiger charge is 2.16. The molecule has 0 radical (unpaired) electrons. The van der Waals surface area contributed by atoms with E-state index >= 15 is 0 Å². The summed E-state index contributed by atoms with van der Waals surface area (Å²) in [4.78, 5) is 11.7. The van der Waals surface area contributed by atoms with Gasteiger partial charge in [0.15, 0.2) is 0 Å². The van der Waals surface area contributed by atoms with Crippen molar-refractivity contribution < 1.29 is 13.9 Å². The van der Waals surface area contributed by atoms with Crippen molar-refractivity contribution in [2.45, 2.75) is 27.7 Å². The summed E-state index contributed by atoms with van der Waals surface area (Å²) in [5, 5.41) is 3.82. The molecule has 0 bridgehead atoms. The first kappa shape index (κ1) is 15.2. The summed E-state index contributed by atoms with van der Waals surface area (Å²) in [5.74, 6) is 0.647. The molecule has 0 fully saturated rings. The van der Waals surface area contributed by atoms with Crippen LogP contribution < -0.4 is 10.1 Å². The Kier molecular flexibility index (Phi) is 4.36. The Morgan fingerprint density at radius 1 is 1.43 bits per heavy atom. The number of aryl methyl sites for hydroxylation is 2. The molecule has 1 aromatic carbocycles. The molecule has 0 spiro atoms. The van der Waals surface area contributed by atoms with Crippen LogP contribution in [0, 0.1) is 13.8 Å². The number of allylic oxidation sites excluding steroid dienone is 1. The second kappa shape index (κ2) is 6.04. The molecule has 2 aromatic rings. The minimum absolute atomic E-state index is 0.0984. The number of carbonyl (C=O) groups is 1. The molecule has 1 N–H and O–H groups in total. The minimum atomic E-state index is -0.0984. The van der Waals surface area contributed by atoms with Gasteiger partial charge >= 0.3 is 0 Å². The fourth-order valence-corrected chi connectivity index (χ4v) is 2.49. The molecule has 4 heteroatoms. The minimum Gasteiger partial charge on any atom is -0.496 e. The van der Waals surface area contributed by atoms with Gasteiger partial charge in [0.2, 0.25) is 5.91 Å². The quantitative estimate of drug-likeness (QED) is 0.874. The van der Waals surface area contributed by atoms with Crippen molar-refractivity contribution in [1.29, 1.82) is 0 Å². The van der Waals surface area contributed by atoms with Gasteiger partial charge in [0.1, 0.15) is 11.3 Å². The molecule has 0 atom stereocenters. The molecule has 1 aromatic heterocycles. The second-order valence-corrected chi connectivity index (χ2v) is 5.10. The highest BCUT2D eigenvalue weighted by Crippen LogP contribution is 2.37. The van der Waals surface area contributed by atoms with Crippen LogP contribution in [0.5, 0.6) is 5.75 Å². The Morgan fingerprint density at radius 3 is 2.76 bits per heavy atom. The van der Waals surface area contributed by atoms with E-state index in [1.807, 2.05) is 33.8 Å². The van der Waals surface area contributed by atoms with Crippen LogP contribution in [0.2, 0.25) is 0 Å². The summed E-state index contributed by atoms with van der Waals surface area (Å²) in [7, 11) is 1.63. The van der Waals surface area contributed by atoms with Gasteiger partial charge in [0.25, 0.3) is 0 Å². The van der Waals surface area contributed by atoms with Crippen molar-refractivity contribution in [2.75, 3.05) is 13.7 Å². The summed E-state index contributed by atoms with van der Waals surface area (Å²) in [6.07, 6.45) is 3.34. The average molecular weight is 287 g/mol. The summed E-state index contributed by atoms with van der Waals surface area (Å²) >= 11 is 0. The molecule has 1 heterocycles. The van der Waals surface area contributed by atoms with Crippen LogP contribution >= 0.6 is 0 Å². The van der Waals surface area contributed by atoms with E-state index in [0.717, 1.165) is 39.0 Å². The number of benzene rings is 1. The number of hydrogen-bond donors (Lipinski definition) is 1. The Hall–Kier alpha value is -2.23. The summed E-state index contributed by atoms with van der Waals surface area (Å²) in [5.41, 5.74) is 4.63. The van der Waals surface area contributed by atoms with Gasteiger partial charge in [-0.2, -0.15) is 0 Å². The van der Waals surface area contributed by atoms with Crippen LogP contribution in [0.3, 0.4) is 0 Å². The van der Waals surface area contributed by atoms with Gasteiger partial charge in [-0.15, -0.1) is 0 Å². The number of nitrogens with one attached hydrogen (secondary N) is 1. The largest absolute Gasteiger partial charge is 0.496 e. The summed E-state index contributed by atoms with van der Waals surface area (Å²) in [6.45, 7) is 8.39. The molecule has 112 valence electrons. The molecular weight excluding hydrogens is 266 g/mol. The van der Waals surface area contributed by atoms with E-state index in [1.54, 1.807) is 19.4 Å². The smallest absolute Gasteiger partial charge is 0.244 e. The lowest BCUT2D eigenvalue weighted by atomic mass is 9.98. The van der Waals surface area contributed by atoms with Gasteiger partial charge in [-0.25, -0.2) is 0 Å². The van der Waals surface area contributed by atoms with Crippen LogP contribution in [0.1, 0.15) is 30.5 Å². The van der Waals surface area contributed by atoms with Crippen molar-refractivity contribution in [1.82, 2.24) is 5.32 Å². The van der Waals surface area contributed by atoms with Gasteiger partial charge in [-0.05, 0) is 44.9 Å². The topological polar surface area (TPSA) is 51.5 Å². The van der Waals surface area contributed by atoms with Crippen molar-refractivity contribution >= 4 is 22.4 Å². The first-order chi connectivity index (χ1) is 9.99. The predicted molar refractivity (Wildman–Crippen MR) is 84.6 cm³/mol.